The van der Waals surface area contributed by atoms with Crippen molar-refractivity contribution in [1.29, 1.82) is 0 Å². The molecular formula is C15H17F3N2S. The summed E-state index contributed by atoms with van der Waals surface area (Å²) in [7, 11) is 1.82. The Hall–Kier alpha value is -1.53. The second-order valence-corrected chi connectivity index (χ2v) is 6.01. The van der Waals surface area contributed by atoms with Crippen molar-refractivity contribution in [2.24, 2.45) is 0 Å². The molecule has 0 aliphatic rings. The second-order valence-electron chi connectivity index (χ2n) is 4.98. The molecule has 21 heavy (non-hydrogen) atoms. The number of anilines is 1. The molecule has 1 aromatic heterocycles. The Morgan fingerprint density at radius 2 is 2.00 bits per heavy atom. The van der Waals surface area contributed by atoms with Crippen molar-refractivity contribution in [2.75, 3.05) is 19.3 Å². The molecule has 6 heteroatoms. The molecular weight excluding hydrogens is 297 g/mol. The summed E-state index contributed by atoms with van der Waals surface area (Å²) in [6.07, 6.45) is -3.54. The maximum absolute atomic E-state index is 13.0. The lowest BCUT2D eigenvalue weighted by molar-refractivity contribution is -0.138. The lowest BCUT2D eigenvalue weighted by Gasteiger charge is -2.20. The molecule has 0 unspecified atom stereocenters. The van der Waals surface area contributed by atoms with Gasteiger partial charge >= 0.3 is 6.18 Å². The number of hydrogen-bond acceptors (Lipinski definition) is 3. The van der Waals surface area contributed by atoms with E-state index >= 15 is 0 Å². The van der Waals surface area contributed by atoms with Crippen LogP contribution in [0.25, 0.3) is 0 Å². The predicted molar refractivity (Wildman–Crippen MR) is 80.2 cm³/mol. The fraction of sp³-hybridized carbons (Fsp3) is 0.333. The second kappa shape index (κ2) is 6.49. The third-order valence-corrected chi connectivity index (χ3v) is 4.14. The van der Waals surface area contributed by atoms with E-state index in [2.05, 4.69) is 0 Å². The average Bonchev–Trinajstić information content (AvgIpc) is 2.90. The molecule has 0 fully saturated rings. The molecule has 1 aromatic carbocycles. The zero-order chi connectivity index (χ0) is 15.5. The van der Waals surface area contributed by atoms with E-state index in [1.807, 2.05) is 29.5 Å². The van der Waals surface area contributed by atoms with Crippen molar-refractivity contribution in [3.05, 3.63) is 51.7 Å². The fourth-order valence-corrected chi connectivity index (χ4v) is 2.82. The van der Waals surface area contributed by atoms with Gasteiger partial charge in [0.05, 0.1) is 5.56 Å². The minimum Gasteiger partial charge on any atom is -0.399 e. The van der Waals surface area contributed by atoms with E-state index in [9.17, 15) is 13.2 Å². The van der Waals surface area contributed by atoms with Crippen LogP contribution in [0, 0.1) is 0 Å². The molecule has 0 aliphatic carbocycles. The van der Waals surface area contributed by atoms with Crippen LogP contribution in [0.1, 0.15) is 16.0 Å². The highest BCUT2D eigenvalue weighted by molar-refractivity contribution is 7.09. The molecule has 0 radical (unpaired) electrons. The van der Waals surface area contributed by atoms with Gasteiger partial charge in [0.2, 0.25) is 0 Å². The number of rotatable bonds is 5. The smallest absolute Gasteiger partial charge is 0.399 e. The van der Waals surface area contributed by atoms with Gasteiger partial charge in [0.25, 0.3) is 0 Å². The Kier molecular flexibility index (Phi) is 4.90. The molecule has 114 valence electrons. The number of benzene rings is 1. The van der Waals surface area contributed by atoms with Crippen molar-refractivity contribution < 1.29 is 13.2 Å². The third-order valence-electron chi connectivity index (χ3n) is 3.20. The average molecular weight is 314 g/mol. The molecule has 2 rings (SSSR count). The summed E-state index contributed by atoms with van der Waals surface area (Å²) in [5.74, 6) is 0. The molecule has 2 nitrogen and oxygen atoms in total. The molecule has 2 aromatic rings. The summed E-state index contributed by atoms with van der Waals surface area (Å²) in [6.45, 7) is 0.961. The van der Waals surface area contributed by atoms with Crippen molar-refractivity contribution in [1.82, 2.24) is 4.90 Å². The van der Waals surface area contributed by atoms with E-state index in [4.69, 9.17) is 5.73 Å². The first kappa shape index (κ1) is 15.9. The number of thiophene rings is 1. The lowest BCUT2D eigenvalue weighted by atomic mass is 10.1. The monoisotopic (exact) mass is 314 g/mol. The molecule has 1 heterocycles. The van der Waals surface area contributed by atoms with Gasteiger partial charge in [-0.15, -0.1) is 11.3 Å². The van der Waals surface area contributed by atoms with Crippen LogP contribution in [0.15, 0.2) is 35.7 Å². The molecule has 0 atom stereocenters. The van der Waals surface area contributed by atoms with Crippen molar-refractivity contribution in [3.63, 3.8) is 0 Å². The molecule has 0 saturated carbocycles. The van der Waals surface area contributed by atoms with Crippen LogP contribution in [0.3, 0.4) is 0 Å². The summed E-state index contributed by atoms with van der Waals surface area (Å²) < 4.78 is 39.0. The maximum Gasteiger partial charge on any atom is 0.416 e. The third kappa shape index (κ3) is 4.47. The molecule has 0 saturated heterocycles. The zero-order valence-corrected chi connectivity index (χ0v) is 12.5. The number of alkyl halides is 3. The minimum absolute atomic E-state index is 0.132. The van der Waals surface area contributed by atoms with E-state index in [0.29, 0.717) is 6.54 Å². The standard InChI is InChI=1S/C15H17F3N2S/c1-20(7-6-13-3-2-8-21-13)10-11-4-5-12(19)9-14(11)15(16,17)18/h2-5,8-9H,6-7,10,19H2,1H3. The SMILES string of the molecule is CN(CCc1cccs1)Cc1ccc(N)cc1C(F)(F)F. The van der Waals surface area contributed by atoms with E-state index in [1.165, 1.54) is 17.0 Å². The summed E-state index contributed by atoms with van der Waals surface area (Å²) in [4.78, 5) is 3.12. The summed E-state index contributed by atoms with van der Waals surface area (Å²) >= 11 is 1.66. The van der Waals surface area contributed by atoms with Gasteiger partial charge in [-0.3, -0.25) is 0 Å². The normalized spacial score (nSPS) is 12.0. The Labute approximate surface area is 126 Å². The Balaban J connectivity index is 2.04. The van der Waals surface area contributed by atoms with Crippen LogP contribution in [0.2, 0.25) is 0 Å². The first-order valence-electron chi connectivity index (χ1n) is 6.53. The van der Waals surface area contributed by atoms with Gasteiger partial charge < -0.3 is 10.6 Å². The summed E-state index contributed by atoms with van der Waals surface area (Å²) in [5.41, 5.74) is 5.20. The number of halogens is 3. The van der Waals surface area contributed by atoms with E-state index < -0.39 is 11.7 Å². The van der Waals surface area contributed by atoms with Crippen LogP contribution in [-0.2, 0) is 19.1 Å². The molecule has 0 bridgehead atoms. The first-order valence-corrected chi connectivity index (χ1v) is 7.41. The summed E-state index contributed by atoms with van der Waals surface area (Å²) in [5, 5.41) is 2.00. The molecule has 2 N–H and O–H groups in total. The minimum atomic E-state index is -4.38. The van der Waals surface area contributed by atoms with Crippen LogP contribution in [-0.4, -0.2) is 18.5 Å². The largest absolute Gasteiger partial charge is 0.416 e. The number of nitrogen functional groups attached to an aromatic ring is 1. The van der Waals surface area contributed by atoms with Gasteiger partial charge in [-0.25, -0.2) is 0 Å². The van der Waals surface area contributed by atoms with Crippen molar-refractivity contribution >= 4 is 17.0 Å². The van der Waals surface area contributed by atoms with Gasteiger partial charge in [0.15, 0.2) is 0 Å². The molecule has 0 aliphatic heterocycles. The van der Waals surface area contributed by atoms with Gasteiger partial charge in [0, 0.05) is 23.7 Å². The number of nitrogens with two attached hydrogens (primary N) is 1. The van der Waals surface area contributed by atoms with Crippen molar-refractivity contribution in [3.8, 4) is 0 Å². The van der Waals surface area contributed by atoms with Gasteiger partial charge in [-0.05, 0) is 42.6 Å². The van der Waals surface area contributed by atoms with Crippen molar-refractivity contribution in [2.45, 2.75) is 19.1 Å². The molecule has 0 spiro atoms. The van der Waals surface area contributed by atoms with Crippen LogP contribution >= 0.6 is 11.3 Å². The molecule has 0 amide bonds. The van der Waals surface area contributed by atoms with E-state index in [0.717, 1.165) is 12.5 Å². The van der Waals surface area contributed by atoms with E-state index in [-0.39, 0.29) is 17.8 Å². The topological polar surface area (TPSA) is 29.3 Å². The van der Waals surface area contributed by atoms with E-state index in [1.54, 1.807) is 11.3 Å². The zero-order valence-electron chi connectivity index (χ0n) is 11.7. The van der Waals surface area contributed by atoms with Crippen LogP contribution in [0.5, 0.6) is 0 Å². The first-order chi connectivity index (χ1) is 9.86. The highest BCUT2D eigenvalue weighted by Gasteiger charge is 2.33. The fourth-order valence-electron chi connectivity index (χ4n) is 2.12. The van der Waals surface area contributed by atoms with Gasteiger partial charge in [-0.2, -0.15) is 13.2 Å². The van der Waals surface area contributed by atoms with Crippen LogP contribution in [0.4, 0.5) is 18.9 Å². The quantitative estimate of drug-likeness (QED) is 0.845. The van der Waals surface area contributed by atoms with Gasteiger partial charge in [0.1, 0.15) is 0 Å². The lowest BCUT2D eigenvalue weighted by Crippen LogP contribution is -2.22. The number of likely N-dealkylation sites (N-methyl/N-ethyl adjacent to an activating group) is 1. The Morgan fingerprint density at radius 1 is 1.24 bits per heavy atom. The number of nitrogens with zero attached hydrogens (tertiary/aromatic N) is 1. The van der Waals surface area contributed by atoms with Gasteiger partial charge in [-0.1, -0.05) is 12.1 Å². The summed E-state index contributed by atoms with van der Waals surface area (Å²) in [6, 6.07) is 7.98. The number of hydrogen-bond donors (Lipinski definition) is 1. The Bertz CT molecular complexity index is 579. The predicted octanol–water partition coefficient (Wildman–Crippen LogP) is 4.02. The highest BCUT2D eigenvalue weighted by Crippen LogP contribution is 2.33. The van der Waals surface area contributed by atoms with Crippen LogP contribution < -0.4 is 5.73 Å². The highest BCUT2D eigenvalue weighted by atomic mass is 32.1. The Morgan fingerprint density at radius 3 is 2.62 bits per heavy atom. The maximum atomic E-state index is 13.0.